The van der Waals surface area contributed by atoms with Crippen LogP contribution >= 0.6 is 24.0 Å². The second-order valence-electron chi connectivity index (χ2n) is 8.52. The molecule has 2 aliphatic heterocycles. The molecule has 0 bridgehead atoms. The van der Waals surface area contributed by atoms with Gasteiger partial charge in [0.25, 0.3) is 0 Å². The maximum atomic E-state index is 14.4. The summed E-state index contributed by atoms with van der Waals surface area (Å²) in [5.41, 5.74) is 9.03. The van der Waals surface area contributed by atoms with Crippen molar-refractivity contribution >= 4 is 36.0 Å². The van der Waals surface area contributed by atoms with E-state index in [0.717, 1.165) is 41.9 Å². The summed E-state index contributed by atoms with van der Waals surface area (Å²) >= 11 is 5.96. The molecule has 3 heterocycles. The van der Waals surface area contributed by atoms with Crippen LogP contribution in [0.3, 0.4) is 0 Å². The molecule has 2 aromatic rings. The zero-order chi connectivity index (χ0) is 22.1. The minimum atomic E-state index is -0.460. The predicted octanol–water partition coefficient (Wildman–Crippen LogP) is 3.83. The summed E-state index contributed by atoms with van der Waals surface area (Å²) in [5.74, 6) is -0.0862. The van der Waals surface area contributed by atoms with Crippen molar-refractivity contribution in [2.75, 3.05) is 18.4 Å². The van der Waals surface area contributed by atoms with Crippen LogP contribution in [0.4, 0.5) is 15.1 Å². The van der Waals surface area contributed by atoms with Crippen LogP contribution < -0.4 is 16.4 Å². The highest BCUT2D eigenvalue weighted by atomic mass is 35.5. The number of rotatable bonds is 5. The second-order valence-corrected chi connectivity index (χ2v) is 8.93. The number of urea groups is 1. The number of fused-ring (bicyclic) bond motifs is 1. The van der Waals surface area contributed by atoms with Crippen LogP contribution in [0.2, 0.25) is 5.02 Å². The molecule has 1 aromatic carbocycles. The van der Waals surface area contributed by atoms with Gasteiger partial charge in [-0.25, -0.2) is 19.2 Å². The third-order valence-corrected chi connectivity index (χ3v) is 6.23. The second kappa shape index (κ2) is 10.2. The van der Waals surface area contributed by atoms with Gasteiger partial charge in [0.2, 0.25) is 5.95 Å². The lowest BCUT2D eigenvalue weighted by molar-refractivity contribution is 0.201. The van der Waals surface area contributed by atoms with E-state index in [1.165, 1.54) is 6.07 Å². The molecule has 0 spiro atoms. The number of hydrogen-bond donors (Lipinski definition) is 3. The highest BCUT2D eigenvalue weighted by molar-refractivity contribution is 6.30. The lowest BCUT2D eigenvalue weighted by Gasteiger charge is -2.32. The van der Waals surface area contributed by atoms with Gasteiger partial charge >= 0.3 is 6.03 Å². The zero-order valence-electron chi connectivity index (χ0n) is 18.2. The van der Waals surface area contributed by atoms with E-state index >= 15 is 0 Å². The van der Waals surface area contributed by atoms with E-state index in [-0.39, 0.29) is 35.4 Å². The number of nitrogens with zero attached hydrogens (tertiary/aromatic N) is 3. The summed E-state index contributed by atoms with van der Waals surface area (Å²) in [6, 6.07) is 4.79. The third kappa shape index (κ3) is 5.08. The van der Waals surface area contributed by atoms with Crippen molar-refractivity contribution in [2.24, 2.45) is 5.73 Å². The summed E-state index contributed by atoms with van der Waals surface area (Å²) in [5, 5.41) is 6.95. The molecule has 0 aliphatic carbocycles. The average molecular weight is 483 g/mol. The average Bonchev–Trinajstić information content (AvgIpc) is 3.24. The lowest BCUT2D eigenvalue weighted by Crippen LogP contribution is -2.41. The van der Waals surface area contributed by atoms with Crippen molar-refractivity contribution in [3.8, 4) is 0 Å². The molecule has 2 atom stereocenters. The molecule has 2 amide bonds. The normalized spacial score (nSPS) is 18.8. The Hall–Kier alpha value is -2.16. The first-order valence-electron chi connectivity index (χ1n) is 10.7. The minimum absolute atomic E-state index is 0. The smallest absolute Gasteiger partial charge is 0.315 e. The number of primary amides is 1. The molecule has 10 heteroatoms. The highest BCUT2D eigenvalue weighted by Crippen LogP contribution is 2.37. The number of carbonyl (C=O) groups excluding carboxylic acids is 1. The van der Waals surface area contributed by atoms with Crippen LogP contribution in [0, 0.1) is 5.82 Å². The van der Waals surface area contributed by atoms with Gasteiger partial charge in [0, 0.05) is 24.5 Å². The molecule has 1 aromatic heterocycles. The fraction of sp³-hybridized carbons (Fsp3) is 0.500. The van der Waals surface area contributed by atoms with Crippen molar-refractivity contribution < 1.29 is 9.18 Å². The van der Waals surface area contributed by atoms with Crippen LogP contribution in [0.15, 0.2) is 18.2 Å². The largest absolute Gasteiger partial charge is 0.352 e. The molecule has 0 saturated carbocycles. The Morgan fingerprint density at radius 2 is 2.16 bits per heavy atom. The molecule has 32 heavy (non-hydrogen) atoms. The molecule has 1 saturated heterocycles. The van der Waals surface area contributed by atoms with E-state index in [4.69, 9.17) is 27.3 Å². The van der Waals surface area contributed by atoms with E-state index in [0.29, 0.717) is 25.5 Å². The Labute approximate surface area is 198 Å². The predicted molar refractivity (Wildman–Crippen MR) is 126 cm³/mol. The lowest BCUT2D eigenvalue weighted by atomic mass is 9.83. The molecule has 1 fully saturated rings. The number of benzene rings is 1. The third-order valence-electron chi connectivity index (χ3n) is 5.92. The Morgan fingerprint density at radius 1 is 1.38 bits per heavy atom. The van der Waals surface area contributed by atoms with Crippen molar-refractivity contribution in [2.45, 2.75) is 57.7 Å². The Morgan fingerprint density at radius 3 is 2.78 bits per heavy atom. The van der Waals surface area contributed by atoms with Crippen LogP contribution in [0.5, 0.6) is 0 Å². The van der Waals surface area contributed by atoms with E-state index in [9.17, 15) is 9.18 Å². The molecule has 7 nitrogen and oxygen atoms in total. The number of anilines is 1. The van der Waals surface area contributed by atoms with Gasteiger partial charge in [-0.15, -0.1) is 12.4 Å². The van der Waals surface area contributed by atoms with E-state index in [1.54, 1.807) is 11.0 Å². The fourth-order valence-corrected chi connectivity index (χ4v) is 4.63. The summed E-state index contributed by atoms with van der Waals surface area (Å²) < 4.78 is 14.4. The topological polar surface area (TPSA) is 96.2 Å². The zero-order valence-corrected chi connectivity index (χ0v) is 19.8. The summed E-state index contributed by atoms with van der Waals surface area (Å²) in [4.78, 5) is 23.0. The molecular formula is C22H29Cl2FN6O. The maximum absolute atomic E-state index is 14.4. The minimum Gasteiger partial charge on any atom is -0.352 e. The summed E-state index contributed by atoms with van der Waals surface area (Å²) in [6.45, 7) is 5.80. The number of hydrogen-bond acceptors (Lipinski definition) is 5. The Balaban J connectivity index is 0.00000289. The van der Waals surface area contributed by atoms with E-state index < -0.39 is 11.8 Å². The first kappa shape index (κ1) is 24.5. The number of carbonyl (C=O) groups is 1. The van der Waals surface area contributed by atoms with Gasteiger partial charge in [-0.1, -0.05) is 17.7 Å². The summed E-state index contributed by atoms with van der Waals surface area (Å²) in [7, 11) is 0. The molecule has 4 N–H and O–H groups in total. The van der Waals surface area contributed by atoms with Gasteiger partial charge in [-0.05, 0) is 62.9 Å². The van der Waals surface area contributed by atoms with Gasteiger partial charge in [-0.2, -0.15) is 0 Å². The first-order valence-corrected chi connectivity index (χ1v) is 11.1. The van der Waals surface area contributed by atoms with Gasteiger partial charge in [-0.3, -0.25) is 0 Å². The first-order chi connectivity index (χ1) is 14.8. The molecule has 2 aliphatic rings. The number of nitrogens with one attached hydrogen (secondary N) is 2. The number of aromatic nitrogens is 2. The SMILES string of the molecule is CC(C)Nc1nc2c(c([C@@H](c3ccc(Cl)c(F)c3)[C@@H]3CCCN3)n1)CCN(C(N)=O)C2.Cl. The molecule has 4 rings (SSSR count). The van der Waals surface area contributed by atoms with Crippen molar-refractivity contribution in [3.05, 3.63) is 51.6 Å². The van der Waals surface area contributed by atoms with Crippen molar-refractivity contribution in [1.29, 1.82) is 0 Å². The van der Waals surface area contributed by atoms with Gasteiger partial charge in [0.15, 0.2) is 0 Å². The Kier molecular flexibility index (Phi) is 7.79. The standard InChI is InChI=1S/C22H28ClFN6O.ClH/c1-12(2)27-22-28-18-11-30(21(25)31)9-7-14(18)20(29-22)19(17-4-3-8-26-17)13-5-6-15(23)16(24)10-13;/h5-6,10,12,17,19,26H,3-4,7-9,11H2,1-2H3,(H2,25,31)(H,27,28,29);1H/t17-,19-;/m0./s1. The number of amides is 2. The Bertz CT molecular complexity index is 983. The van der Waals surface area contributed by atoms with Crippen LogP contribution in [-0.4, -0.2) is 46.1 Å². The van der Waals surface area contributed by atoms with Crippen LogP contribution in [0.25, 0.3) is 0 Å². The number of nitrogens with two attached hydrogens (primary N) is 1. The van der Waals surface area contributed by atoms with Crippen LogP contribution in [0.1, 0.15) is 55.1 Å². The van der Waals surface area contributed by atoms with Gasteiger partial charge < -0.3 is 21.3 Å². The van der Waals surface area contributed by atoms with E-state index in [2.05, 4.69) is 10.6 Å². The van der Waals surface area contributed by atoms with E-state index in [1.807, 2.05) is 19.9 Å². The highest BCUT2D eigenvalue weighted by Gasteiger charge is 2.34. The molecule has 0 radical (unpaired) electrons. The van der Waals surface area contributed by atoms with Crippen molar-refractivity contribution in [3.63, 3.8) is 0 Å². The maximum Gasteiger partial charge on any atom is 0.315 e. The molecule has 0 unspecified atom stereocenters. The fourth-order valence-electron chi connectivity index (χ4n) is 4.51. The van der Waals surface area contributed by atoms with Gasteiger partial charge in [0.1, 0.15) is 5.82 Å². The van der Waals surface area contributed by atoms with Gasteiger partial charge in [0.05, 0.1) is 23.0 Å². The summed E-state index contributed by atoms with van der Waals surface area (Å²) in [6.07, 6.45) is 2.62. The molecular weight excluding hydrogens is 454 g/mol. The quantitative estimate of drug-likeness (QED) is 0.601. The monoisotopic (exact) mass is 482 g/mol. The van der Waals surface area contributed by atoms with Crippen LogP contribution in [-0.2, 0) is 13.0 Å². The number of halogens is 3. The van der Waals surface area contributed by atoms with Crippen molar-refractivity contribution in [1.82, 2.24) is 20.2 Å². The molecule has 174 valence electrons.